The number of hydrazone groups is 1. The van der Waals surface area contributed by atoms with E-state index in [4.69, 9.17) is 23.2 Å². The van der Waals surface area contributed by atoms with Crippen LogP contribution in [0.2, 0.25) is 10.0 Å². The van der Waals surface area contributed by atoms with Crippen LogP contribution in [0.15, 0.2) is 95.4 Å². The second kappa shape index (κ2) is 10.5. The first-order valence-electron chi connectivity index (χ1n) is 9.40. The van der Waals surface area contributed by atoms with Gasteiger partial charge in [-0.2, -0.15) is 5.10 Å². The molecule has 0 radical (unpaired) electrons. The SMILES string of the molecule is C=CCN(c1ccc(C(=O)N/N=C\c2c(Cl)cccc2Cl)cc1)S(=O)(=O)c1ccccc1. The van der Waals surface area contributed by atoms with Gasteiger partial charge in [-0.05, 0) is 48.5 Å². The molecule has 32 heavy (non-hydrogen) atoms. The topological polar surface area (TPSA) is 78.8 Å². The van der Waals surface area contributed by atoms with Crippen LogP contribution < -0.4 is 9.73 Å². The summed E-state index contributed by atoms with van der Waals surface area (Å²) >= 11 is 12.1. The minimum Gasteiger partial charge on any atom is -0.267 e. The van der Waals surface area contributed by atoms with Crippen molar-refractivity contribution in [2.45, 2.75) is 4.90 Å². The van der Waals surface area contributed by atoms with Crippen LogP contribution in [0.5, 0.6) is 0 Å². The van der Waals surface area contributed by atoms with Crippen molar-refractivity contribution < 1.29 is 13.2 Å². The van der Waals surface area contributed by atoms with E-state index in [1.165, 1.54) is 40.9 Å². The highest BCUT2D eigenvalue weighted by atomic mass is 35.5. The Labute approximate surface area is 196 Å². The van der Waals surface area contributed by atoms with E-state index in [9.17, 15) is 13.2 Å². The van der Waals surface area contributed by atoms with Gasteiger partial charge in [-0.15, -0.1) is 6.58 Å². The van der Waals surface area contributed by atoms with E-state index in [1.54, 1.807) is 48.5 Å². The zero-order valence-electron chi connectivity index (χ0n) is 16.8. The Morgan fingerprint density at radius 3 is 2.19 bits per heavy atom. The van der Waals surface area contributed by atoms with Crippen molar-refractivity contribution in [1.29, 1.82) is 0 Å². The van der Waals surface area contributed by atoms with Gasteiger partial charge < -0.3 is 0 Å². The van der Waals surface area contributed by atoms with Crippen molar-refractivity contribution >= 4 is 51.0 Å². The molecule has 0 aliphatic heterocycles. The Morgan fingerprint density at radius 2 is 1.59 bits per heavy atom. The first kappa shape index (κ1) is 23.5. The molecule has 0 spiro atoms. The molecule has 0 aromatic heterocycles. The molecular weight excluding hydrogens is 469 g/mol. The molecule has 1 amide bonds. The molecule has 0 bridgehead atoms. The highest BCUT2D eigenvalue weighted by Gasteiger charge is 2.23. The van der Waals surface area contributed by atoms with Crippen LogP contribution >= 0.6 is 23.2 Å². The van der Waals surface area contributed by atoms with E-state index in [2.05, 4.69) is 17.1 Å². The maximum atomic E-state index is 13.0. The summed E-state index contributed by atoms with van der Waals surface area (Å²) < 4.78 is 27.3. The lowest BCUT2D eigenvalue weighted by Gasteiger charge is -2.23. The van der Waals surface area contributed by atoms with Crippen molar-refractivity contribution in [3.63, 3.8) is 0 Å². The highest BCUT2D eigenvalue weighted by molar-refractivity contribution is 7.92. The molecule has 3 aromatic rings. The normalized spacial score (nSPS) is 11.3. The number of carbonyl (C=O) groups excluding carboxylic acids is 1. The van der Waals surface area contributed by atoms with Crippen molar-refractivity contribution in [2.75, 3.05) is 10.8 Å². The first-order chi connectivity index (χ1) is 15.3. The number of sulfonamides is 1. The standard InChI is InChI=1S/C23H19Cl2N3O3S/c1-2-15-28(32(30,31)19-7-4-3-5-8-19)18-13-11-17(12-14-18)23(29)27-26-16-20-21(24)9-6-10-22(20)25/h2-14,16H,1,15H2,(H,27,29)/b26-16-. The highest BCUT2D eigenvalue weighted by Crippen LogP contribution is 2.24. The van der Waals surface area contributed by atoms with Crippen LogP contribution in [0.25, 0.3) is 0 Å². The fraction of sp³-hybridized carbons (Fsp3) is 0.0435. The van der Waals surface area contributed by atoms with Crippen LogP contribution in [0, 0.1) is 0 Å². The summed E-state index contributed by atoms with van der Waals surface area (Å²) in [5, 5.41) is 4.70. The number of hydrogen-bond donors (Lipinski definition) is 1. The molecular formula is C23H19Cl2N3O3S. The molecule has 0 saturated carbocycles. The maximum absolute atomic E-state index is 13.0. The molecule has 0 aliphatic rings. The van der Waals surface area contributed by atoms with E-state index in [1.807, 2.05) is 0 Å². The maximum Gasteiger partial charge on any atom is 0.271 e. The molecule has 0 aliphatic carbocycles. The lowest BCUT2D eigenvalue weighted by atomic mass is 10.2. The molecule has 0 unspecified atom stereocenters. The van der Waals surface area contributed by atoms with Gasteiger partial charge in [-0.1, -0.05) is 53.5 Å². The molecule has 0 fully saturated rings. The number of nitrogens with one attached hydrogen (secondary N) is 1. The molecule has 0 saturated heterocycles. The largest absolute Gasteiger partial charge is 0.271 e. The average molecular weight is 488 g/mol. The Balaban J connectivity index is 1.77. The second-order valence-electron chi connectivity index (χ2n) is 6.52. The Morgan fingerprint density at radius 1 is 0.969 bits per heavy atom. The summed E-state index contributed by atoms with van der Waals surface area (Å²) in [7, 11) is -3.79. The summed E-state index contributed by atoms with van der Waals surface area (Å²) in [5.74, 6) is -0.475. The fourth-order valence-electron chi connectivity index (χ4n) is 2.81. The third-order valence-corrected chi connectivity index (χ3v) is 6.87. The second-order valence-corrected chi connectivity index (χ2v) is 9.20. The molecule has 3 rings (SSSR count). The number of rotatable bonds is 8. The third-order valence-electron chi connectivity index (χ3n) is 4.40. The minimum atomic E-state index is -3.79. The molecule has 0 heterocycles. The number of carbonyl (C=O) groups is 1. The fourth-order valence-corrected chi connectivity index (χ4v) is 4.76. The van der Waals surface area contributed by atoms with Crippen molar-refractivity contribution in [1.82, 2.24) is 5.43 Å². The van der Waals surface area contributed by atoms with Gasteiger partial charge in [-0.3, -0.25) is 9.10 Å². The van der Waals surface area contributed by atoms with Crippen molar-refractivity contribution in [3.05, 3.63) is 107 Å². The summed E-state index contributed by atoms with van der Waals surface area (Å²) in [6.45, 7) is 3.72. The summed E-state index contributed by atoms with van der Waals surface area (Å²) in [6, 6.07) is 19.3. The smallest absolute Gasteiger partial charge is 0.267 e. The van der Waals surface area contributed by atoms with E-state index in [0.29, 0.717) is 26.9 Å². The van der Waals surface area contributed by atoms with Crippen LogP contribution in [0.3, 0.4) is 0 Å². The number of anilines is 1. The lowest BCUT2D eigenvalue weighted by Crippen LogP contribution is -2.31. The molecule has 9 heteroatoms. The van der Waals surface area contributed by atoms with Crippen LogP contribution in [0.1, 0.15) is 15.9 Å². The van der Waals surface area contributed by atoms with E-state index >= 15 is 0 Å². The van der Waals surface area contributed by atoms with Gasteiger partial charge in [-0.25, -0.2) is 13.8 Å². The van der Waals surface area contributed by atoms with Crippen LogP contribution in [-0.2, 0) is 10.0 Å². The summed E-state index contributed by atoms with van der Waals surface area (Å²) in [5.41, 5.74) is 3.58. The third kappa shape index (κ3) is 5.37. The number of halogens is 2. The lowest BCUT2D eigenvalue weighted by molar-refractivity contribution is 0.0955. The summed E-state index contributed by atoms with van der Waals surface area (Å²) in [4.78, 5) is 12.6. The van der Waals surface area contributed by atoms with Gasteiger partial charge in [0, 0.05) is 11.1 Å². The Hall–Kier alpha value is -3.13. The van der Waals surface area contributed by atoms with E-state index in [0.717, 1.165) is 0 Å². The molecule has 6 nitrogen and oxygen atoms in total. The minimum absolute atomic E-state index is 0.0751. The zero-order valence-corrected chi connectivity index (χ0v) is 19.1. The number of hydrogen-bond acceptors (Lipinski definition) is 4. The zero-order chi connectivity index (χ0) is 23.1. The summed E-state index contributed by atoms with van der Waals surface area (Å²) in [6.07, 6.45) is 2.85. The van der Waals surface area contributed by atoms with Gasteiger partial charge in [0.25, 0.3) is 15.9 Å². The quantitative estimate of drug-likeness (QED) is 0.271. The van der Waals surface area contributed by atoms with Gasteiger partial charge in [0.1, 0.15) is 0 Å². The number of nitrogens with zero attached hydrogens (tertiary/aromatic N) is 2. The van der Waals surface area contributed by atoms with Gasteiger partial charge in [0.2, 0.25) is 0 Å². The van der Waals surface area contributed by atoms with Crippen LogP contribution in [-0.4, -0.2) is 27.1 Å². The van der Waals surface area contributed by atoms with Gasteiger partial charge >= 0.3 is 0 Å². The van der Waals surface area contributed by atoms with Crippen molar-refractivity contribution in [2.24, 2.45) is 5.10 Å². The first-order valence-corrected chi connectivity index (χ1v) is 11.6. The Kier molecular flexibility index (Phi) is 7.69. The Bertz CT molecular complexity index is 1220. The predicted octanol–water partition coefficient (Wildman–Crippen LogP) is 5.14. The monoisotopic (exact) mass is 487 g/mol. The molecule has 164 valence electrons. The predicted molar refractivity (Wildman–Crippen MR) is 129 cm³/mol. The van der Waals surface area contributed by atoms with Crippen LogP contribution in [0.4, 0.5) is 5.69 Å². The van der Waals surface area contributed by atoms with E-state index in [-0.39, 0.29) is 11.4 Å². The number of benzene rings is 3. The molecule has 0 atom stereocenters. The van der Waals surface area contributed by atoms with Gasteiger partial charge in [0.15, 0.2) is 0 Å². The molecule has 3 aromatic carbocycles. The average Bonchev–Trinajstić information content (AvgIpc) is 2.80. The number of amides is 1. The van der Waals surface area contributed by atoms with Crippen molar-refractivity contribution in [3.8, 4) is 0 Å². The van der Waals surface area contributed by atoms with Gasteiger partial charge in [0.05, 0.1) is 33.4 Å². The van der Waals surface area contributed by atoms with E-state index < -0.39 is 15.9 Å². The molecule has 1 N–H and O–H groups in total.